The van der Waals surface area contributed by atoms with Gasteiger partial charge in [0.05, 0.1) is 11.1 Å². The van der Waals surface area contributed by atoms with E-state index in [1.54, 1.807) is 42.9 Å². The smallest absolute Gasteiger partial charge is 0.261 e. The van der Waals surface area contributed by atoms with Gasteiger partial charge >= 0.3 is 0 Å². The molecule has 3 heterocycles. The number of fused-ring (bicyclic) bond motifs is 1. The molecule has 32 heavy (non-hydrogen) atoms. The van der Waals surface area contributed by atoms with E-state index in [0.717, 1.165) is 11.1 Å². The summed E-state index contributed by atoms with van der Waals surface area (Å²) in [6.07, 6.45) is 5.40. The number of carbonyl (C=O) groups excluding carboxylic acids is 3. The number of pyridine rings is 2. The molecule has 0 saturated heterocycles. The van der Waals surface area contributed by atoms with Crippen LogP contribution in [0.5, 0.6) is 5.75 Å². The molecule has 3 aromatic rings. The van der Waals surface area contributed by atoms with Crippen LogP contribution in [0.2, 0.25) is 0 Å². The summed E-state index contributed by atoms with van der Waals surface area (Å²) in [4.78, 5) is 46.8. The number of imide groups is 1. The fourth-order valence-electron chi connectivity index (χ4n) is 3.44. The molecule has 0 unspecified atom stereocenters. The number of ether oxygens (including phenoxy) is 1. The van der Waals surface area contributed by atoms with Gasteiger partial charge in [-0.05, 0) is 55.3 Å². The molecular weight excluding hydrogens is 408 g/mol. The maximum absolute atomic E-state index is 12.5. The highest BCUT2D eigenvalue weighted by Gasteiger charge is 2.34. The van der Waals surface area contributed by atoms with Gasteiger partial charge in [0, 0.05) is 31.6 Å². The molecule has 1 aliphatic heterocycles. The van der Waals surface area contributed by atoms with Crippen molar-refractivity contribution >= 4 is 23.5 Å². The molecule has 0 bridgehead atoms. The van der Waals surface area contributed by atoms with Crippen molar-refractivity contribution < 1.29 is 19.1 Å². The molecule has 162 valence electrons. The Morgan fingerprint density at radius 2 is 1.81 bits per heavy atom. The van der Waals surface area contributed by atoms with E-state index in [1.165, 1.54) is 4.90 Å². The van der Waals surface area contributed by atoms with Crippen molar-refractivity contribution in [1.82, 2.24) is 14.9 Å². The van der Waals surface area contributed by atoms with E-state index in [1.807, 2.05) is 25.1 Å². The number of aromatic nitrogens is 2. The zero-order valence-electron chi connectivity index (χ0n) is 17.6. The fourth-order valence-corrected chi connectivity index (χ4v) is 3.44. The molecule has 3 amide bonds. The normalized spacial score (nSPS) is 12.6. The lowest BCUT2D eigenvalue weighted by molar-refractivity contribution is -0.116. The molecule has 4 rings (SSSR count). The van der Waals surface area contributed by atoms with Crippen molar-refractivity contribution in [2.24, 2.45) is 0 Å². The number of nitrogens with zero attached hydrogens (tertiary/aromatic N) is 3. The van der Waals surface area contributed by atoms with Crippen LogP contribution in [0.15, 0.2) is 61.1 Å². The predicted octanol–water partition coefficient (Wildman–Crippen LogP) is 3.38. The van der Waals surface area contributed by atoms with E-state index in [9.17, 15) is 14.4 Å². The van der Waals surface area contributed by atoms with Gasteiger partial charge in [0.2, 0.25) is 5.91 Å². The molecular formula is C24H22N4O4. The molecule has 2 aromatic heterocycles. The topological polar surface area (TPSA) is 101 Å². The molecule has 0 spiro atoms. The van der Waals surface area contributed by atoms with Crippen LogP contribution in [0, 0.1) is 6.92 Å². The minimum atomic E-state index is -0.318. The number of nitrogens with one attached hydrogen (secondary N) is 1. The highest BCUT2D eigenvalue weighted by molar-refractivity contribution is 6.21. The second kappa shape index (κ2) is 9.38. The third-order valence-corrected chi connectivity index (χ3v) is 5.08. The lowest BCUT2D eigenvalue weighted by Gasteiger charge is -2.14. The third kappa shape index (κ3) is 4.64. The second-order valence-electron chi connectivity index (χ2n) is 7.46. The van der Waals surface area contributed by atoms with Gasteiger partial charge in [0.1, 0.15) is 6.61 Å². The summed E-state index contributed by atoms with van der Waals surface area (Å²) < 4.78 is 5.78. The first-order valence-electron chi connectivity index (χ1n) is 10.3. The Morgan fingerprint density at radius 3 is 2.62 bits per heavy atom. The zero-order chi connectivity index (χ0) is 22.5. The molecule has 8 nitrogen and oxygen atoms in total. The van der Waals surface area contributed by atoms with Gasteiger partial charge in [0.15, 0.2) is 11.6 Å². The Bertz CT molecular complexity index is 1160. The monoisotopic (exact) mass is 430 g/mol. The molecule has 0 fully saturated rings. The van der Waals surface area contributed by atoms with Crippen molar-refractivity contribution in [2.75, 3.05) is 11.9 Å². The fraction of sp³-hybridized carbons (Fsp3) is 0.208. The van der Waals surface area contributed by atoms with E-state index in [4.69, 9.17) is 4.74 Å². The van der Waals surface area contributed by atoms with Crippen molar-refractivity contribution in [3.63, 3.8) is 0 Å². The van der Waals surface area contributed by atoms with E-state index in [-0.39, 0.29) is 30.7 Å². The number of anilines is 1. The summed E-state index contributed by atoms with van der Waals surface area (Å²) in [6, 6.07) is 12.3. The summed E-state index contributed by atoms with van der Waals surface area (Å²) in [7, 11) is 0. The summed E-state index contributed by atoms with van der Waals surface area (Å²) in [5, 5.41) is 2.74. The predicted molar refractivity (Wildman–Crippen MR) is 117 cm³/mol. The average molecular weight is 430 g/mol. The van der Waals surface area contributed by atoms with Crippen LogP contribution >= 0.6 is 0 Å². The van der Waals surface area contributed by atoms with Crippen molar-refractivity contribution in [3.8, 4) is 5.75 Å². The largest absolute Gasteiger partial charge is 0.485 e. The van der Waals surface area contributed by atoms with Crippen LogP contribution in [-0.2, 0) is 11.4 Å². The van der Waals surface area contributed by atoms with Crippen LogP contribution in [0.3, 0.4) is 0 Å². The quantitative estimate of drug-likeness (QED) is 0.550. The Labute approximate surface area is 185 Å². The SMILES string of the molecule is Cc1ccc2c(c1)C(=O)N(CCCC(=O)Nc1ncccc1OCc1ccncc1)C2=O. The van der Waals surface area contributed by atoms with Crippen LogP contribution in [-0.4, -0.2) is 39.1 Å². The van der Waals surface area contributed by atoms with Gasteiger partial charge < -0.3 is 10.1 Å². The van der Waals surface area contributed by atoms with Gasteiger partial charge in [-0.2, -0.15) is 0 Å². The summed E-state index contributed by atoms with van der Waals surface area (Å²) in [5.74, 6) is -0.131. The summed E-state index contributed by atoms with van der Waals surface area (Å²) in [5.41, 5.74) is 2.69. The van der Waals surface area contributed by atoms with E-state index in [0.29, 0.717) is 35.7 Å². The van der Waals surface area contributed by atoms with Crippen LogP contribution in [0.25, 0.3) is 0 Å². The highest BCUT2D eigenvalue weighted by Crippen LogP contribution is 2.25. The van der Waals surface area contributed by atoms with Crippen LogP contribution < -0.4 is 10.1 Å². The molecule has 0 saturated carbocycles. The first-order valence-corrected chi connectivity index (χ1v) is 10.3. The van der Waals surface area contributed by atoms with Crippen LogP contribution in [0.4, 0.5) is 5.82 Å². The number of benzene rings is 1. The number of aryl methyl sites for hydroxylation is 1. The maximum Gasteiger partial charge on any atom is 0.261 e. The van der Waals surface area contributed by atoms with Gasteiger partial charge in [-0.3, -0.25) is 24.3 Å². The molecule has 1 aliphatic rings. The van der Waals surface area contributed by atoms with Gasteiger partial charge in [-0.25, -0.2) is 4.98 Å². The molecule has 8 heteroatoms. The first-order chi connectivity index (χ1) is 15.5. The van der Waals surface area contributed by atoms with E-state index < -0.39 is 0 Å². The van der Waals surface area contributed by atoms with E-state index in [2.05, 4.69) is 15.3 Å². The Morgan fingerprint density at radius 1 is 1.03 bits per heavy atom. The van der Waals surface area contributed by atoms with Crippen molar-refractivity contribution in [3.05, 3.63) is 83.3 Å². The molecule has 0 radical (unpaired) electrons. The number of hydrogen-bond acceptors (Lipinski definition) is 6. The standard InChI is InChI=1S/C24H22N4O4/c1-16-6-7-18-19(14-16)24(31)28(23(18)30)13-3-5-21(29)27-22-20(4-2-10-26-22)32-15-17-8-11-25-12-9-17/h2,4,6-12,14H,3,5,13,15H2,1H3,(H,26,27,29). The van der Waals surface area contributed by atoms with Gasteiger partial charge in [-0.15, -0.1) is 0 Å². The first kappa shape index (κ1) is 21.2. The molecule has 1 aromatic carbocycles. The average Bonchev–Trinajstić information content (AvgIpc) is 3.03. The number of hydrogen-bond donors (Lipinski definition) is 1. The Balaban J connectivity index is 1.30. The summed E-state index contributed by atoms with van der Waals surface area (Å²) >= 11 is 0. The second-order valence-corrected chi connectivity index (χ2v) is 7.46. The Hall–Kier alpha value is -4.07. The number of carbonyl (C=O) groups is 3. The zero-order valence-corrected chi connectivity index (χ0v) is 17.6. The van der Waals surface area contributed by atoms with Gasteiger partial charge in [0.25, 0.3) is 11.8 Å². The maximum atomic E-state index is 12.5. The minimum Gasteiger partial charge on any atom is -0.485 e. The molecule has 1 N–H and O–H groups in total. The minimum absolute atomic E-state index is 0.132. The number of rotatable bonds is 8. The lowest BCUT2D eigenvalue weighted by atomic mass is 10.1. The lowest BCUT2D eigenvalue weighted by Crippen LogP contribution is -2.31. The van der Waals surface area contributed by atoms with Crippen molar-refractivity contribution in [1.29, 1.82) is 0 Å². The summed E-state index contributed by atoms with van der Waals surface area (Å²) in [6.45, 7) is 2.36. The van der Waals surface area contributed by atoms with E-state index >= 15 is 0 Å². The number of amides is 3. The van der Waals surface area contributed by atoms with Crippen LogP contribution in [0.1, 0.15) is 44.7 Å². The highest BCUT2D eigenvalue weighted by atomic mass is 16.5. The third-order valence-electron chi connectivity index (χ3n) is 5.08. The van der Waals surface area contributed by atoms with Crippen molar-refractivity contribution in [2.45, 2.75) is 26.4 Å². The molecule has 0 aliphatic carbocycles. The molecule has 0 atom stereocenters. The van der Waals surface area contributed by atoms with Gasteiger partial charge in [-0.1, -0.05) is 11.6 Å². The Kier molecular flexibility index (Phi) is 6.21.